The van der Waals surface area contributed by atoms with Crippen molar-refractivity contribution in [1.82, 2.24) is 5.48 Å². The Morgan fingerprint density at radius 3 is 2.73 bits per heavy atom. The molecule has 0 bridgehead atoms. The maximum Gasteiger partial charge on any atom is 0.267 e. The molecule has 0 heterocycles. The molecule has 2 aromatic rings. The van der Waals surface area contributed by atoms with Crippen LogP contribution >= 0.6 is 0 Å². The van der Waals surface area contributed by atoms with Crippen LogP contribution in [-0.4, -0.2) is 16.2 Å². The summed E-state index contributed by atoms with van der Waals surface area (Å²) >= 11 is 0. The third kappa shape index (κ3) is 4.41. The largest absolute Gasteiger partial charge is 0.388 e. The number of hydroxylamine groups is 1. The van der Waals surface area contributed by atoms with Gasteiger partial charge in [-0.05, 0) is 35.6 Å². The van der Waals surface area contributed by atoms with Gasteiger partial charge in [-0.3, -0.25) is 10.0 Å². The van der Waals surface area contributed by atoms with Crippen LogP contribution < -0.4 is 5.48 Å². The summed E-state index contributed by atoms with van der Waals surface area (Å²) in [6, 6.07) is 14.0. The standard InChI is InChI=1S/C18H21NO3/c20-17(12-3-1-2-4-13-18(21)19-22)16-11-7-9-14-8-5-6-10-15(14)16/h4-11,13,17,20,22H,1-3,12H2,(H,19,21)/b13-4-. The fraction of sp³-hybridized carbons (Fsp3) is 0.278. The van der Waals surface area contributed by atoms with E-state index >= 15 is 0 Å². The minimum absolute atomic E-state index is 0.476. The Kier molecular flexibility index (Phi) is 6.13. The molecular weight excluding hydrogens is 278 g/mol. The lowest BCUT2D eigenvalue weighted by atomic mass is 9.97. The molecule has 0 saturated heterocycles. The van der Waals surface area contributed by atoms with Gasteiger partial charge in [0.2, 0.25) is 0 Å². The molecule has 1 atom stereocenters. The van der Waals surface area contributed by atoms with Crippen LogP contribution in [-0.2, 0) is 4.79 Å². The molecule has 0 aliphatic rings. The molecule has 22 heavy (non-hydrogen) atoms. The van der Waals surface area contributed by atoms with Crippen molar-refractivity contribution in [2.75, 3.05) is 0 Å². The number of aliphatic hydroxyl groups is 1. The first kappa shape index (κ1) is 16.2. The van der Waals surface area contributed by atoms with Crippen LogP contribution in [0.1, 0.15) is 37.4 Å². The van der Waals surface area contributed by atoms with Gasteiger partial charge in [-0.1, -0.05) is 55.0 Å². The highest BCUT2D eigenvalue weighted by Gasteiger charge is 2.10. The minimum Gasteiger partial charge on any atom is -0.388 e. The highest BCUT2D eigenvalue weighted by Crippen LogP contribution is 2.27. The number of hydrogen-bond donors (Lipinski definition) is 3. The van der Waals surface area contributed by atoms with Crippen LogP contribution in [0.15, 0.2) is 54.6 Å². The number of carbonyl (C=O) groups is 1. The molecule has 4 heteroatoms. The second-order valence-electron chi connectivity index (χ2n) is 5.25. The highest BCUT2D eigenvalue weighted by molar-refractivity contribution is 5.86. The van der Waals surface area contributed by atoms with Crippen LogP contribution in [0.3, 0.4) is 0 Å². The summed E-state index contributed by atoms with van der Waals surface area (Å²) < 4.78 is 0. The Bertz CT molecular complexity index is 646. The topological polar surface area (TPSA) is 69.6 Å². The lowest BCUT2D eigenvalue weighted by Crippen LogP contribution is -2.14. The van der Waals surface area contributed by atoms with E-state index in [1.165, 1.54) is 6.08 Å². The van der Waals surface area contributed by atoms with Crippen molar-refractivity contribution in [2.45, 2.75) is 31.8 Å². The third-order valence-corrected chi connectivity index (χ3v) is 3.66. The Morgan fingerprint density at radius 2 is 1.91 bits per heavy atom. The van der Waals surface area contributed by atoms with E-state index in [2.05, 4.69) is 0 Å². The van der Waals surface area contributed by atoms with E-state index < -0.39 is 12.0 Å². The quantitative estimate of drug-likeness (QED) is 0.317. The van der Waals surface area contributed by atoms with Gasteiger partial charge in [-0.25, -0.2) is 5.48 Å². The molecule has 1 unspecified atom stereocenters. The molecule has 0 fully saturated rings. The van der Waals surface area contributed by atoms with Crippen molar-refractivity contribution in [2.24, 2.45) is 0 Å². The minimum atomic E-state index is -0.518. The summed E-state index contributed by atoms with van der Waals surface area (Å²) in [5, 5.41) is 21.0. The van der Waals surface area contributed by atoms with Crippen molar-refractivity contribution in [3.63, 3.8) is 0 Å². The van der Waals surface area contributed by atoms with Crippen LogP contribution in [0.25, 0.3) is 10.8 Å². The fourth-order valence-electron chi connectivity index (χ4n) is 2.52. The summed E-state index contributed by atoms with van der Waals surface area (Å²) in [4.78, 5) is 10.8. The Morgan fingerprint density at radius 1 is 1.14 bits per heavy atom. The SMILES string of the molecule is O=C(/C=C\CCCCC(O)c1cccc2ccccc12)NO. The van der Waals surface area contributed by atoms with Crippen LogP contribution in [0.5, 0.6) is 0 Å². The van der Waals surface area contributed by atoms with Gasteiger partial charge in [0.05, 0.1) is 6.10 Å². The van der Waals surface area contributed by atoms with E-state index in [4.69, 9.17) is 5.21 Å². The van der Waals surface area contributed by atoms with Gasteiger partial charge in [-0.2, -0.15) is 0 Å². The smallest absolute Gasteiger partial charge is 0.267 e. The van der Waals surface area contributed by atoms with Gasteiger partial charge in [0.15, 0.2) is 0 Å². The van der Waals surface area contributed by atoms with E-state index in [9.17, 15) is 9.90 Å². The maximum atomic E-state index is 10.8. The Balaban J connectivity index is 1.85. The lowest BCUT2D eigenvalue weighted by molar-refractivity contribution is -0.124. The summed E-state index contributed by atoms with van der Waals surface area (Å²) in [6.07, 6.45) is 5.74. The molecule has 116 valence electrons. The number of hydrogen-bond acceptors (Lipinski definition) is 3. The van der Waals surface area contributed by atoms with Crippen LogP contribution in [0, 0.1) is 0 Å². The van der Waals surface area contributed by atoms with Gasteiger partial charge in [0.1, 0.15) is 0 Å². The number of allylic oxidation sites excluding steroid dienone is 1. The molecule has 0 aliphatic heterocycles. The molecule has 1 amide bonds. The number of nitrogens with one attached hydrogen (secondary N) is 1. The van der Waals surface area contributed by atoms with E-state index in [0.29, 0.717) is 6.42 Å². The first-order valence-electron chi connectivity index (χ1n) is 7.48. The molecular formula is C18H21NO3. The predicted octanol–water partition coefficient (Wildman–Crippen LogP) is 3.50. The number of unbranched alkanes of at least 4 members (excludes halogenated alkanes) is 2. The first-order valence-corrected chi connectivity index (χ1v) is 7.48. The molecule has 2 aromatic carbocycles. The van der Waals surface area contributed by atoms with E-state index in [-0.39, 0.29) is 0 Å². The molecule has 4 nitrogen and oxygen atoms in total. The first-order chi connectivity index (χ1) is 10.7. The fourth-order valence-corrected chi connectivity index (χ4v) is 2.52. The van der Waals surface area contributed by atoms with Crippen molar-refractivity contribution in [1.29, 1.82) is 0 Å². The molecule has 0 saturated carbocycles. The van der Waals surface area contributed by atoms with Crippen LogP contribution in [0.2, 0.25) is 0 Å². The number of aliphatic hydroxyl groups excluding tert-OH is 1. The number of carbonyl (C=O) groups excluding carboxylic acids is 1. The Labute approximate surface area is 130 Å². The molecule has 2 rings (SSSR count). The number of amides is 1. The Hall–Kier alpha value is -2.17. The van der Waals surface area contributed by atoms with E-state index in [1.807, 2.05) is 42.5 Å². The van der Waals surface area contributed by atoms with E-state index in [0.717, 1.165) is 35.6 Å². The zero-order valence-corrected chi connectivity index (χ0v) is 12.4. The van der Waals surface area contributed by atoms with Gasteiger partial charge in [-0.15, -0.1) is 0 Å². The lowest BCUT2D eigenvalue weighted by Gasteiger charge is -2.13. The number of rotatable bonds is 7. The molecule has 3 N–H and O–H groups in total. The van der Waals surface area contributed by atoms with E-state index in [1.54, 1.807) is 11.6 Å². The summed E-state index contributed by atoms with van der Waals surface area (Å²) in [5.74, 6) is -0.518. The monoisotopic (exact) mass is 299 g/mol. The van der Waals surface area contributed by atoms with Gasteiger partial charge in [0.25, 0.3) is 5.91 Å². The molecule has 0 aromatic heterocycles. The summed E-state index contributed by atoms with van der Waals surface area (Å²) in [7, 11) is 0. The molecule has 0 radical (unpaired) electrons. The second-order valence-corrected chi connectivity index (χ2v) is 5.25. The van der Waals surface area contributed by atoms with Crippen molar-refractivity contribution >= 4 is 16.7 Å². The van der Waals surface area contributed by atoms with Crippen molar-refractivity contribution in [3.05, 3.63) is 60.2 Å². The van der Waals surface area contributed by atoms with Gasteiger partial charge >= 0.3 is 0 Å². The average Bonchev–Trinajstić information content (AvgIpc) is 2.56. The normalized spacial score (nSPS) is 12.6. The van der Waals surface area contributed by atoms with Gasteiger partial charge < -0.3 is 5.11 Å². The highest BCUT2D eigenvalue weighted by atomic mass is 16.5. The zero-order valence-electron chi connectivity index (χ0n) is 12.4. The zero-order chi connectivity index (χ0) is 15.8. The maximum absolute atomic E-state index is 10.8. The average molecular weight is 299 g/mol. The van der Waals surface area contributed by atoms with Crippen LogP contribution in [0.4, 0.5) is 0 Å². The van der Waals surface area contributed by atoms with Gasteiger partial charge in [0, 0.05) is 6.08 Å². The van der Waals surface area contributed by atoms with Crippen molar-refractivity contribution < 1.29 is 15.1 Å². The molecule has 0 aliphatic carbocycles. The number of benzene rings is 2. The third-order valence-electron chi connectivity index (χ3n) is 3.66. The second kappa shape index (κ2) is 8.32. The number of fused-ring (bicyclic) bond motifs is 1. The summed E-state index contributed by atoms with van der Waals surface area (Å²) in [5.41, 5.74) is 2.51. The summed E-state index contributed by atoms with van der Waals surface area (Å²) in [6.45, 7) is 0. The molecule has 0 spiro atoms. The predicted molar refractivity (Wildman–Crippen MR) is 86.4 cm³/mol. The van der Waals surface area contributed by atoms with Crippen molar-refractivity contribution in [3.8, 4) is 0 Å².